The van der Waals surface area contributed by atoms with Gasteiger partial charge in [-0.2, -0.15) is 0 Å². The van der Waals surface area contributed by atoms with Crippen molar-refractivity contribution in [1.82, 2.24) is 4.90 Å². The minimum absolute atomic E-state index is 0.0807. The van der Waals surface area contributed by atoms with E-state index in [0.29, 0.717) is 0 Å². The maximum Gasteiger partial charge on any atom is 0.305 e. The number of hydrogen-bond donors (Lipinski definition) is 2. The third-order valence-electron chi connectivity index (χ3n) is 2.36. The second kappa shape index (κ2) is 8.28. The maximum absolute atomic E-state index is 12.0. The number of ether oxygens (including phenoxy) is 1. The smallest absolute Gasteiger partial charge is 0.305 e. The molecule has 2 N–H and O–H groups in total. The first-order valence-electron chi connectivity index (χ1n) is 5.88. The first-order valence-corrected chi connectivity index (χ1v) is 5.88. The lowest BCUT2D eigenvalue weighted by Gasteiger charge is -2.20. The molecule has 0 atom stereocenters. The largest absolute Gasteiger partial charge is 0.481 e. The van der Waals surface area contributed by atoms with Crippen LogP contribution in [0.3, 0.4) is 0 Å². The minimum atomic E-state index is -0.978. The molecule has 0 aromatic carbocycles. The third-order valence-corrected chi connectivity index (χ3v) is 2.36. The summed E-state index contributed by atoms with van der Waals surface area (Å²) in [6.07, 6.45) is 1.23. The van der Waals surface area contributed by atoms with Crippen LogP contribution in [0, 0.1) is 0 Å². The summed E-state index contributed by atoms with van der Waals surface area (Å²) in [7, 11) is 0. The van der Waals surface area contributed by atoms with Crippen LogP contribution >= 0.6 is 0 Å². The Morgan fingerprint density at radius 1 is 1.32 bits per heavy atom. The molecular formula is C12H17NO6. The number of hydrogen-bond acceptors (Lipinski definition) is 5. The summed E-state index contributed by atoms with van der Waals surface area (Å²) >= 11 is 0. The number of aliphatic carboxylic acids is 1. The van der Waals surface area contributed by atoms with Crippen LogP contribution in [0.4, 0.5) is 0 Å². The van der Waals surface area contributed by atoms with E-state index >= 15 is 0 Å². The van der Waals surface area contributed by atoms with Crippen molar-refractivity contribution >= 4 is 11.9 Å². The fourth-order valence-corrected chi connectivity index (χ4v) is 1.44. The fourth-order valence-electron chi connectivity index (χ4n) is 1.44. The second-order valence-corrected chi connectivity index (χ2v) is 3.75. The Hall–Kier alpha value is -1.86. The lowest BCUT2D eigenvalue weighted by atomic mass is 10.3. The number of amides is 1. The van der Waals surface area contributed by atoms with Crippen LogP contribution in [0.5, 0.6) is 0 Å². The van der Waals surface area contributed by atoms with Crippen molar-refractivity contribution in [3.63, 3.8) is 0 Å². The quantitative estimate of drug-likeness (QED) is 0.622. The predicted molar refractivity (Wildman–Crippen MR) is 64.8 cm³/mol. The number of aliphatic hydroxyl groups is 1. The molecule has 1 aromatic heterocycles. The van der Waals surface area contributed by atoms with Gasteiger partial charge in [0.15, 0.2) is 5.76 Å². The molecule has 1 heterocycles. The Morgan fingerprint density at radius 2 is 2.11 bits per heavy atom. The molecule has 0 saturated carbocycles. The van der Waals surface area contributed by atoms with Crippen molar-refractivity contribution in [3.8, 4) is 0 Å². The summed E-state index contributed by atoms with van der Waals surface area (Å²) in [6, 6.07) is 3.11. The number of nitrogens with zero attached hydrogens (tertiary/aromatic N) is 1. The molecule has 0 aliphatic carbocycles. The van der Waals surface area contributed by atoms with Gasteiger partial charge in [-0.25, -0.2) is 0 Å². The van der Waals surface area contributed by atoms with Crippen LogP contribution in [0.25, 0.3) is 0 Å². The molecule has 0 saturated heterocycles. The molecule has 0 bridgehead atoms. The number of furan rings is 1. The fraction of sp³-hybridized carbons (Fsp3) is 0.500. The zero-order chi connectivity index (χ0) is 14.1. The van der Waals surface area contributed by atoms with Gasteiger partial charge in [-0.1, -0.05) is 0 Å². The highest BCUT2D eigenvalue weighted by atomic mass is 16.5. The van der Waals surface area contributed by atoms with Crippen molar-refractivity contribution in [3.05, 3.63) is 24.2 Å². The average Bonchev–Trinajstić information content (AvgIpc) is 2.90. The summed E-state index contributed by atoms with van der Waals surface area (Å²) in [5.74, 6) is -1.19. The molecule has 0 aliphatic heterocycles. The van der Waals surface area contributed by atoms with E-state index in [9.17, 15) is 9.59 Å². The van der Waals surface area contributed by atoms with Crippen molar-refractivity contribution in [2.75, 3.05) is 32.9 Å². The first-order chi connectivity index (χ1) is 9.15. The van der Waals surface area contributed by atoms with Crippen LogP contribution in [0.15, 0.2) is 22.8 Å². The predicted octanol–water partition coefficient (Wildman–Crippen LogP) is 0.205. The van der Waals surface area contributed by atoms with E-state index in [4.69, 9.17) is 19.4 Å². The molecule has 7 heteroatoms. The van der Waals surface area contributed by atoms with Gasteiger partial charge in [0.2, 0.25) is 0 Å². The van der Waals surface area contributed by atoms with Crippen LogP contribution in [-0.4, -0.2) is 59.9 Å². The number of aliphatic hydroxyl groups excluding tert-OH is 1. The molecule has 0 radical (unpaired) electrons. The van der Waals surface area contributed by atoms with Crippen LogP contribution in [0.2, 0.25) is 0 Å². The zero-order valence-electron chi connectivity index (χ0n) is 10.4. The van der Waals surface area contributed by atoms with Gasteiger partial charge in [0.25, 0.3) is 5.91 Å². The molecule has 0 aliphatic rings. The van der Waals surface area contributed by atoms with Gasteiger partial charge in [0, 0.05) is 13.1 Å². The standard InChI is InChI=1S/C12H17NO6/c14-6-9-18-8-5-13(4-3-11(15)16)12(17)10-2-1-7-19-10/h1-2,7,14H,3-6,8-9H2,(H,15,16). The van der Waals surface area contributed by atoms with Crippen LogP contribution in [0.1, 0.15) is 17.0 Å². The molecule has 19 heavy (non-hydrogen) atoms. The molecule has 0 fully saturated rings. The number of carbonyl (C=O) groups is 2. The summed E-state index contributed by atoms with van der Waals surface area (Å²) < 4.78 is 10.1. The van der Waals surface area contributed by atoms with E-state index in [0.717, 1.165) is 0 Å². The average molecular weight is 271 g/mol. The van der Waals surface area contributed by atoms with Gasteiger partial charge in [0.05, 0.1) is 32.5 Å². The third kappa shape index (κ3) is 5.54. The topological polar surface area (TPSA) is 100 Å². The highest BCUT2D eigenvalue weighted by Gasteiger charge is 2.18. The monoisotopic (exact) mass is 271 g/mol. The Balaban J connectivity index is 2.52. The number of carboxylic acid groups (broad SMARTS) is 1. The van der Waals surface area contributed by atoms with Crippen molar-refractivity contribution in [2.45, 2.75) is 6.42 Å². The normalized spacial score (nSPS) is 10.4. The molecule has 0 unspecified atom stereocenters. The van der Waals surface area contributed by atoms with Gasteiger partial charge < -0.3 is 24.3 Å². The summed E-state index contributed by atoms with van der Waals surface area (Å²) in [6.45, 7) is 0.639. The van der Waals surface area contributed by atoms with Gasteiger partial charge >= 0.3 is 5.97 Å². The Labute approximate surface area is 110 Å². The number of carboxylic acids is 1. The molecule has 1 rings (SSSR count). The second-order valence-electron chi connectivity index (χ2n) is 3.75. The molecule has 0 spiro atoms. The molecule has 1 amide bonds. The highest BCUT2D eigenvalue weighted by molar-refractivity contribution is 5.91. The van der Waals surface area contributed by atoms with Gasteiger partial charge in [0.1, 0.15) is 0 Å². The van der Waals surface area contributed by atoms with E-state index in [1.807, 2.05) is 0 Å². The van der Waals surface area contributed by atoms with Crippen molar-refractivity contribution in [1.29, 1.82) is 0 Å². The zero-order valence-corrected chi connectivity index (χ0v) is 10.4. The van der Waals surface area contributed by atoms with Gasteiger partial charge in [-0.15, -0.1) is 0 Å². The van der Waals surface area contributed by atoms with Crippen LogP contribution < -0.4 is 0 Å². The molecular weight excluding hydrogens is 254 g/mol. The lowest BCUT2D eigenvalue weighted by molar-refractivity contribution is -0.137. The van der Waals surface area contributed by atoms with Gasteiger partial charge in [-0.3, -0.25) is 9.59 Å². The molecule has 7 nitrogen and oxygen atoms in total. The Kier molecular flexibility index (Phi) is 6.62. The SMILES string of the molecule is O=C(O)CCN(CCOCCO)C(=O)c1ccco1. The van der Waals surface area contributed by atoms with E-state index in [1.165, 1.54) is 17.2 Å². The highest BCUT2D eigenvalue weighted by Crippen LogP contribution is 2.06. The summed E-state index contributed by atoms with van der Waals surface area (Å²) in [5.41, 5.74) is 0. The minimum Gasteiger partial charge on any atom is -0.481 e. The number of carbonyl (C=O) groups excluding carboxylic acids is 1. The van der Waals surface area contributed by atoms with Crippen LogP contribution in [-0.2, 0) is 9.53 Å². The Morgan fingerprint density at radius 3 is 2.68 bits per heavy atom. The maximum atomic E-state index is 12.0. The molecule has 1 aromatic rings. The Bertz CT molecular complexity index is 389. The van der Waals surface area contributed by atoms with E-state index < -0.39 is 5.97 Å². The molecule has 106 valence electrons. The summed E-state index contributed by atoms with van der Waals surface area (Å²) in [5, 5.41) is 17.2. The summed E-state index contributed by atoms with van der Waals surface area (Å²) in [4.78, 5) is 23.9. The number of rotatable bonds is 9. The lowest BCUT2D eigenvalue weighted by Crippen LogP contribution is -2.35. The first kappa shape index (κ1) is 15.2. The van der Waals surface area contributed by atoms with Gasteiger partial charge in [-0.05, 0) is 12.1 Å². The van der Waals surface area contributed by atoms with Crippen molar-refractivity contribution in [2.24, 2.45) is 0 Å². The van der Waals surface area contributed by atoms with E-state index in [2.05, 4.69) is 0 Å². The van der Waals surface area contributed by atoms with Crippen molar-refractivity contribution < 1.29 is 29.0 Å². The van der Waals surface area contributed by atoms with E-state index in [1.54, 1.807) is 6.07 Å². The van der Waals surface area contributed by atoms with E-state index in [-0.39, 0.29) is 51.0 Å².